The molecule has 1 aromatic rings. The molecule has 24 heavy (non-hydrogen) atoms. The van der Waals surface area contributed by atoms with E-state index in [1.165, 1.54) is 12.8 Å². The lowest BCUT2D eigenvalue weighted by molar-refractivity contribution is -0.130. The highest BCUT2D eigenvalue weighted by molar-refractivity contribution is 5.76. The molecule has 2 heterocycles. The zero-order valence-corrected chi connectivity index (χ0v) is 14.6. The third-order valence-electron chi connectivity index (χ3n) is 5.48. The van der Waals surface area contributed by atoms with Crippen LogP contribution in [0, 0.1) is 11.7 Å². The Bertz CT molecular complexity index is 542. The van der Waals surface area contributed by atoms with Crippen LogP contribution >= 0.6 is 0 Å². The number of likely N-dealkylation sites (tertiary alicyclic amines) is 2. The van der Waals surface area contributed by atoms with Gasteiger partial charge in [0.25, 0.3) is 0 Å². The minimum absolute atomic E-state index is 0.0821. The Balaban J connectivity index is 1.41. The van der Waals surface area contributed by atoms with Crippen molar-refractivity contribution in [2.75, 3.05) is 32.7 Å². The number of piperidine rings is 1. The van der Waals surface area contributed by atoms with Crippen molar-refractivity contribution in [2.24, 2.45) is 5.92 Å². The van der Waals surface area contributed by atoms with Crippen molar-refractivity contribution in [1.29, 1.82) is 0 Å². The fraction of sp³-hybridized carbons (Fsp3) is 0.650. The van der Waals surface area contributed by atoms with Crippen molar-refractivity contribution in [3.8, 4) is 0 Å². The predicted octanol–water partition coefficient (Wildman–Crippen LogP) is 3.48. The lowest BCUT2D eigenvalue weighted by atomic mass is 9.91. The molecular weight excluding hydrogens is 303 g/mol. The summed E-state index contributed by atoms with van der Waals surface area (Å²) in [6.07, 6.45) is 7.25. The van der Waals surface area contributed by atoms with Crippen LogP contribution in [0.25, 0.3) is 0 Å². The highest BCUT2D eigenvalue weighted by Gasteiger charge is 2.22. The molecule has 0 saturated carbocycles. The molecule has 0 aromatic heterocycles. The molecule has 1 atom stereocenters. The Kier molecular flexibility index (Phi) is 6.24. The molecule has 1 unspecified atom stereocenters. The van der Waals surface area contributed by atoms with E-state index in [0.717, 1.165) is 64.0 Å². The monoisotopic (exact) mass is 332 g/mol. The van der Waals surface area contributed by atoms with E-state index in [2.05, 4.69) is 4.90 Å². The van der Waals surface area contributed by atoms with E-state index in [0.29, 0.717) is 18.2 Å². The lowest BCUT2D eigenvalue weighted by Crippen LogP contribution is -2.38. The number of hydrogen-bond donors (Lipinski definition) is 0. The van der Waals surface area contributed by atoms with Gasteiger partial charge < -0.3 is 9.80 Å². The molecule has 1 amide bonds. The normalized spacial score (nSPS) is 22.0. The fourth-order valence-corrected chi connectivity index (χ4v) is 4.03. The van der Waals surface area contributed by atoms with E-state index in [1.807, 2.05) is 17.0 Å². The molecule has 2 saturated heterocycles. The van der Waals surface area contributed by atoms with Gasteiger partial charge in [-0.3, -0.25) is 4.79 Å². The Labute approximate surface area is 144 Å². The SMILES string of the molecule is O=C(CCN1CCCC(CCc2ccccc2F)C1)N1CCCC1. The molecule has 132 valence electrons. The number of halogens is 1. The van der Waals surface area contributed by atoms with Gasteiger partial charge in [0.15, 0.2) is 0 Å². The third-order valence-corrected chi connectivity index (χ3v) is 5.48. The maximum absolute atomic E-state index is 13.7. The highest BCUT2D eigenvalue weighted by Crippen LogP contribution is 2.22. The summed E-state index contributed by atoms with van der Waals surface area (Å²) in [5.74, 6) is 0.864. The molecule has 4 heteroatoms. The summed E-state index contributed by atoms with van der Waals surface area (Å²) in [6, 6.07) is 7.10. The van der Waals surface area contributed by atoms with Crippen LogP contribution in [0.2, 0.25) is 0 Å². The van der Waals surface area contributed by atoms with Crippen LogP contribution in [0.3, 0.4) is 0 Å². The van der Waals surface area contributed by atoms with Gasteiger partial charge in [0.1, 0.15) is 5.82 Å². The van der Waals surface area contributed by atoms with E-state index in [1.54, 1.807) is 12.1 Å². The van der Waals surface area contributed by atoms with Crippen LogP contribution < -0.4 is 0 Å². The standard InChI is InChI=1S/C20H29FN2O/c21-19-8-2-1-7-18(19)10-9-17-6-5-12-22(16-17)15-11-20(24)23-13-3-4-14-23/h1-2,7-8,17H,3-6,9-16H2. The fourth-order valence-electron chi connectivity index (χ4n) is 4.03. The molecule has 0 spiro atoms. The molecule has 2 aliphatic heterocycles. The minimum atomic E-state index is -0.0821. The first kappa shape index (κ1) is 17.4. The molecule has 0 N–H and O–H groups in total. The van der Waals surface area contributed by atoms with E-state index >= 15 is 0 Å². The van der Waals surface area contributed by atoms with E-state index in [-0.39, 0.29) is 5.82 Å². The van der Waals surface area contributed by atoms with Crippen molar-refractivity contribution in [3.05, 3.63) is 35.6 Å². The summed E-state index contributed by atoms with van der Waals surface area (Å²) in [4.78, 5) is 16.6. The first-order valence-electron chi connectivity index (χ1n) is 9.46. The second kappa shape index (κ2) is 8.61. The van der Waals surface area contributed by atoms with Crippen molar-refractivity contribution in [3.63, 3.8) is 0 Å². The molecule has 2 fully saturated rings. The van der Waals surface area contributed by atoms with Crippen molar-refractivity contribution < 1.29 is 9.18 Å². The van der Waals surface area contributed by atoms with Crippen LogP contribution in [0.5, 0.6) is 0 Å². The molecule has 3 nitrogen and oxygen atoms in total. The number of nitrogens with zero attached hydrogens (tertiary/aromatic N) is 2. The van der Waals surface area contributed by atoms with Gasteiger partial charge in [0.05, 0.1) is 0 Å². The number of benzene rings is 1. The Morgan fingerprint density at radius 3 is 2.71 bits per heavy atom. The summed E-state index contributed by atoms with van der Waals surface area (Å²) in [5.41, 5.74) is 0.832. The average molecular weight is 332 g/mol. The maximum Gasteiger partial charge on any atom is 0.223 e. The van der Waals surface area contributed by atoms with Crippen molar-refractivity contribution in [2.45, 2.75) is 44.9 Å². The second-order valence-corrected chi connectivity index (χ2v) is 7.28. The second-order valence-electron chi connectivity index (χ2n) is 7.28. The number of carbonyl (C=O) groups excluding carboxylic acids is 1. The third kappa shape index (κ3) is 4.79. The number of hydrogen-bond acceptors (Lipinski definition) is 2. The van der Waals surface area contributed by atoms with Gasteiger partial charge >= 0.3 is 0 Å². The van der Waals surface area contributed by atoms with E-state index in [4.69, 9.17) is 0 Å². The molecule has 0 bridgehead atoms. The zero-order chi connectivity index (χ0) is 16.8. The van der Waals surface area contributed by atoms with Gasteiger partial charge in [-0.1, -0.05) is 18.2 Å². The van der Waals surface area contributed by atoms with Gasteiger partial charge in [-0.2, -0.15) is 0 Å². The summed E-state index contributed by atoms with van der Waals surface area (Å²) >= 11 is 0. The molecule has 3 rings (SSSR count). The largest absolute Gasteiger partial charge is 0.343 e. The van der Waals surface area contributed by atoms with Crippen molar-refractivity contribution >= 4 is 5.91 Å². The first-order valence-corrected chi connectivity index (χ1v) is 9.46. The maximum atomic E-state index is 13.7. The molecule has 0 radical (unpaired) electrons. The van der Waals surface area contributed by atoms with Crippen molar-refractivity contribution in [1.82, 2.24) is 9.80 Å². The molecule has 0 aliphatic carbocycles. The van der Waals surface area contributed by atoms with Gasteiger partial charge in [-0.05, 0) is 62.6 Å². The number of rotatable bonds is 6. The van der Waals surface area contributed by atoms with Crippen LogP contribution in [-0.2, 0) is 11.2 Å². The van der Waals surface area contributed by atoms with Gasteiger partial charge in [0.2, 0.25) is 5.91 Å². The van der Waals surface area contributed by atoms with Gasteiger partial charge in [-0.15, -0.1) is 0 Å². The summed E-state index contributed by atoms with van der Waals surface area (Å²) < 4.78 is 13.7. The summed E-state index contributed by atoms with van der Waals surface area (Å²) in [6.45, 7) is 4.94. The first-order chi connectivity index (χ1) is 11.7. The predicted molar refractivity (Wildman–Crippen MR) is 94.3 cm³/mol. The average Bonchev–Trinajstić information content (AvgIpc) is 3.14. The van der Waals surface area contributed by atoms with Gasteiger partial charge in [-0.25, -0.2) is 4.39 Å². The number of aryl methyl sites for hydroxylation is 1. The van der Waals surface area contributed by atoms with Crippen LogP contribution in [-0.4, -0.2) is 48.4 Å². The molecule has 2 aliphatic rings. The Hall–Kier alpha value is -1.42. The van der Waals surface area contributed by atoms with Crippen LogP contribution in [0.15, 0.2) is 24.3 Å². The lowest BCUT2D eigenvalue weighted by Gasteiger charge is -2.33. The molecule has 1 aromatic carbocycles. The summed E-state index contributed by atoms with van der Waals surface area (Å²) in [7, 11) is 0. The van der Waals surface area contributed by atoms with Crippen LogP contribution in [0.4, 0.5) is 4.39 Å². The van der Waals surface area contributed by atoms with Crippen LogP contribution in [0.1, 0.15) is 44.1 Å². The van der Waals surface area contributed by atoms with Gasteiger partial charge in [0, 0.05) is 32.6 Å². The van der Waals surface area contributed by atoms with E-state index in [9.17, 15) is 9.18 Å². The Morgan fingerprint density at radius 2 is 1.92 bits per heavy atom. The Morgan fingerprint density at radius 1 is 1.12 bits per heavy atom. The number of amides is 1. The molecular formula is C20H29FN2O. The minimum Gasteiger partial charge on any atom is -0.343 e. The number of carbonyl (C=O) groups is 1. The summed E-state index contributed by atoms with van der Waals surface area (Å²) in [5, 5.41) is 0. The highest BCUT2D eigenvalue weighted by atomic mass is 19.1. The van der Waals surface area contributed by atoms with E-state index < -0.39 is 0 Å². The zero-order valence-electron chi connectivity index (χ0n) is 14.6. The topological polar surface area (TPSA) is 23.6 Å². The quantitative estimate of drug-likeness (QED) is 0.796. The smallest absolute Gasteiger partial charge is 0.223 e.